The van der Waals surface area contributed by atoms with Crippen molar-refractivity contribution in [3.05, 3.63) is 28.8 Å². The van der Waals surface area contributed by atoms with Crippen molar-refractivity contribution in [1.82, 2.24) is 0 Å². The highest BCUT2D eigenvalue weighted by atomic mass is 35.5. The van der Waals surface area contributed by atoms with Gasteiger partial charge >= 0.3 is 0 Å². The van der Waals surface area contributed by atoms with Crippen LogP contribution in [0.1, 0.15) is 18.9 Å². The molecular weight excluding hydrogens is 248 g/mol. The summed E-state index contributed by atoms with van der Waals surface area (Å²) in [6.07, 6.45) is 1.92. The zero-order valence-corrected chi connectivity index (χ0v) is 11.8. The van der Waals surface area contributed by atoms with Crippen LogP contribution < -0.4 is 10.6 Å². The Hall–Kier alpha value is -0.770. The summed E-state index contributed by atoms with van der Waals surface area (Å²) in [5.41, 5.74) is 8.34. The van der Waals surface area contributed by atoms with Crippen molar-refractivity contribution in [2.45, 2.75) is 31.8 Å². The lowest BCUT2D eigenvalue weighted by Gasteiger charge is -2.28. The average Bonchev–Trinajstić information content (AvgIpc) is 2.81. The second-order valence-corrected chi connectivity index (χ2v) is 5.52. The lowest BCUT2D eigenvalue weighted by atomic mass is 10.0. The van der Waals surface area contributed by atoms with Gasteiger partial charge in [-0.25, -0.2) is 0 Å². The van der Waals surface area contributed by atoms with Crippen molar-refractivity contribution in [1.29, 1.82) is 0 Å². The first-order valence-electron chi connectivity index (χ1n) is 6.42. The van der Waals surface area contributed by atoms with Gasteiger partial charge in [0.15, 0.2) is 0 Å². The predicted octanol–water partition coefficient (Wildman–Crippen LogP) is 2.45. The van der Waals surface area contributed by atoms with Gasteiger partial charge in [-0.2, -0.15) is 0 Å². The van der Waals surface area contributed by atoms with Crippen LogP contribution in [0.5, 0.6) is 0 Å². The molecular formula is C14H21ClN2O. The van der Waals surface area contributed by atoms with E-state index < -0.39 is 0 Å². The van der Waals surface area contributed by atoms with Crippen LogP contribution >= 0.6 is 11.6 Å². The molecule has 1 aliphatic heterocycles. The number of hydrogen-bond acceptors (Lipinski definition) is 3. The maximum absolute atomic E-state index is 6.08. The third-order valence-corrected chi connectivity index (χ3v) is 3.65. The molecule has 4 heteroatoms. The fourth-order valence-electron chi connectivity index (χ4n) is 2.43. The predicted molar refractivity (Wildman–Crippen MR) is 76.4 cm³/mol. The van der Waals surface area contributed by atoms with E-state index in [-0.39, 0.29) is 6.04 Å². The van der Waals surface area contributed by atoms with Crippen molar-refractivity contribution < 1.29 is 4.74 Å². The molecule has 2 N–H and O–H groups in total. The third-order valence-electron chi connectivity index (χ3n) is 3.42. The molecule has 18 heavy (non-hydrogen) atoms. The minimum Gasteiger partial charge on any atom is -0.379 e. The molecule has 1 saturated heterocycles. The lowest BCUT2D eigenvalue weighted by molar-refractivity contribution is 0.193. The van der Waals surface area contributed by atoms with Crippen LogP contribution in [0.3, 0.4) is 0 Å². The number of nitrogens with two attached hydrogens (primary N) is 1. The zero-order chi connectivity index (χ0) is 13.1. The van der Waals surface area contributed by atoms with Crippen LogP contribution in [0.25, 0.3) is 0 Å². The van der Waals surface area contributed by atoms with Crippen LogP contribution in [-0.4, -0.2) is 32.3 Å². The number of anilines is 1. The number of halogens is 1. The van der Waals surface area contributed by atoms with Crippen molar-refractivity contribution >= 4 is 17.3 Å². The lowest BCUT2D eigenvalue weighted by Crippen LogP contribution is -2.33. The monoisotopic (exact) mass is 268 g/mol. The molecule has 0 aromatic heterocycles. The van der Waals surface area contributed by atoms with Gasteiger partial charge in [-0.15, -0.1) is 0 Å². The molecule has 0 amide bonds. The number of rotatable bonds is 4. The fraction of sp³-hybridized carbons (Fsp3) is 0.571. The standard InChI is InChI=1S/C14H21ClN2O/c1-10(16)7-11-8-12(15)3-4-14(11)17(2)13-5-6-18-9-13/h3-4,8,10,13H,5-7,9,16H2,1-2H3. The Morgan fingerprint density at radius 3 is 2.94 bits per heavy atom. The number of nitrogens with zero attached hydrogens (tertiary/aromatic N) is 1. The van der Waals surface area contributed by atoms with Gasteiger partial charge in [-0.3, -0.25) is 0 Å². The van der Waals surface area contributed by atoms with E-state index in [1.165, 1.54) is 11.3 Å². The van der Waals surface area contributed by atoms with Gasteiger partial charge in [0.2, 0.25) is 0 Å². The molecule has 2 unspecified atom stereocenters. The van der Waals surface area contributed by atoms with E-state index in [1.807, 2.05) is 19.1 Å². The molecule has 0 spiro atoms. The molecule has 1 heterocycles. The molecule has 1 fully saturated rings. The first-order chi connectivity index (χ1) is 8.58. The molecule has 0 bridgehead atoms. The highest BCUT2D eigenvalue weighted by Gasteiger charge is 2.22. The normalized spacial score (nSPS) is 21.0. The second kappa shape index (κ2) is 5.91. The van der Waals surface area contributed by atoms with Crippen molar-refractivity contribution in [2.24, 2.45) is 5.73 Å². The molecule has 1 aromatic rings. The number of benzene rings is 1. The van der Waals surface area contributed by atoms with Gasteiger partial charge in [-0.05, 0) is 43.5 Å². The van der Waals surface area contributed by atoms with E-state index in [0.29, 0.717) is 6.04 Å². The highest BCUT2D eigenvalue weighted by molar-refractivity contribution is 6.30. The van der Waals surface area contributed by atoms with Crippen molar-refractivity contribution in [3.8, 4) is 0 Å². The minimum absolute atomic E-state index is 0.135. The van der Waals surface area contributed by atoms with Crippen molar-refractivity contribution in [2.75, 3.05) is 25.2 Å². The second-order valence-electron chi connectivity index (χ2n) is 5.08. The van der Waals surface area contributed by atoms with E-state index in [1.54, 1.807) is 0 Å². The van der Waals surface area contributed by atoms with Crippen LogP contribution in [0.4, 0.5) is 5.69 Å². The Morgan fingerprint density at radius 1 is 1.56 bits per heavy atom. The zero-order valence-electron chi connectivity index (χ0n) is 11.0. The Morgan fingerprint density at radius 2 is 2.33 bits per heavy atom. The highest BCUT2D eigenvalue weighted by Crippen LogP contribution is 2.27. The van der Waals surface area contributed by atoms with Gasteiger partial charge in [0.1, 0.15) is 0 Å². The number of hydrogen-bond donors (Lipinski definition) is 1. The molecule has 1 aromatic carbocycles. The third kappa shape index (κ3) is 3.16. The molecule has 100 valence electrons. The van der Waals surface area contributed by atoms with E-state index in [2.05, 4.69) is 18.0 Å². The van der Waals surface area contributed by atoms with Gasteiger partial charge < -0.3 is 15.4 Å². The summed E-state index contributed by atoms with van der Waals surface area (Å²) in [4.78, 5) is 2.29. The van der Waals surface area contributed by atoms with E-state index >= 15 is 0 Å². The Balaban J connectivity index is 2.24. The van der Waals surface area contributed by atoms with Crippen LogP contribution in [-0.2, 0) is 11.2 Å². The summed E-state index contributed by atoms with van der Waals surface area (Å²) in [5, 5.41) is 0.769. The quantitative estimate of drug-likeness (QED) is 0.912. The summed E-state index contributed by atoms with van der Waals surface area (Å²) in [6, 6.07) is 6.63. The minimum atomic E-state index is 0.135. The van der Waals surface area contributed by atoms with E-state index in [0.717, 1.165) is 31.1 Å². The van der Waals surface area contributed by atoms with Crippen molar-refractivity contribution in [3.63, 3.8) is 0 Å². The maximum atomic E-state index is 6.08. The molecule has 3 nitrogen and oxygen atoms in total. The first kappa shape index (κ1) is 13.7. The fourth-order valence-corrected chi connectivity index (χ4v) is 2.63. The van der Waals surface area contributed by atoms with Crippen LogP contribution in [0, 0.1) is 0 Å². The van der Waals surface area contributed by atoms with Gasteiger partial charge in [0.05, 0.1) is 12.6 Å². The van der Waals surface area contributed by atoms with Gasteiger partial charge in [0.25, 0.3) is 0 Å². The molecule has 2 rings (SSSR count). The molecule has 0 aliphatic carbocycles. The smallest absolute Gasteiger partial charge is 0.0670 e. The maximum Gasteiger partial charge on any atom is 0.0670 e. The Kier molecular flexibility index (Phi) is 4.49. The van der Waals surface area contributed by atoms with E-state index in [4.69, 9.17) is 22.1 Å². The largest absolute Gasteiger partial charge is 0.379 e. The first-order valence-corrected chi connectivity index (χ1v) is 6.80. The molecule has 1 aliphatic rings. The topological polar surface area (TPSA) is 38.5 Å². The van der Waals surface area contributed by atoms with Gasteiger partial charge in [0, 0.05) is 30.4 Å². The van der Waals surface area contributed by atoms with Crippen LogP contribution in [0.15, 0.2) is 18.2 Å². The summed E-state index contributed by atoms with van der Waals surface area (Å²) in [7, 11) is 2.12. The average molecular weight is 269 g/mol. The van der Waals surface area contributed by atoms with Crippen LogP contribution in [0.2, 0.25) is 5.02 Å². The summed E-state index contributed by atoms with van der Waals surface area (Å²) >= 11 is 6.08. The Labute approximate surface area is 114 Å². The summed E-state index contributed by atoms with van der Waals surface area (Å²) in [5.74, 6) is 0. The summed E-state index contributed by atoms with van der Waals surface area (Å²) in [6.45, 7) is 3.67. The van der Waals surface area contributed by atoms with E-state index in [9.17, 15) is 0 Å². The molecule has 2 atom stereocenters. The number of ether oxygens (including phenoxy) is 1. The van der Waals surface area contributed by atoms with Gasteiger partial charge in [-0.1, -0.05) is 11.6 Å². The number of likely N-dealkylation sites (N-methyl/N-ethyl adjacent to an activating group) is 1. The molecule has 0 saturated carbocycles. The Bertz CT molecular complexity index is 403. The SMILES string of the molecule is CC(N)Cc1cc(Cl)ccc1N(C)C1CCOC1. The molecule has 0 radical (unpaired) electrons. The summed E-state index contributed by atoms with van der Waals surface area (Å²) < 4.78 is 5.45.